The van der Waals surface area contributed by atoms with Gasteiger partial charge in [0.1, 0.15) is 5.39 Å². The minimum atomic E-state index is -0.418. The number of carbonyl (C=O) groups is 1. The summed E-state index contributed by atoms with van der Waals surface area (Å²) in [4.78, 5) is 29.2. The molecular weight excluding hydrogens is 376 g/mol. The number of hydrogen-bond acceptors (Lipinski definition) is 6. The number of benzene rings is 2. The first kappa shape index (κ1) is 17.8. The number of para-hydroxylation sites is 2. The number of aromatic nitrogens is 4. The topological polar surface area (TPSA) is 108 Å². The van der Waals surface area contributed by atoms with Crippen molar-refractivity contribution in [3.63, 3.8) is 0 Å². The van der Waals surface area contributed by atoms with Gasteiger partial charge < -0.3 is 11.2 Å². The lowest BCUT2D eigenvalue weighted by molar-refractivity contribution is -0.113. The first-order chi connectivity index (χ1) is 13.6. The molecule has 0 radical (unpaired) electrons. The Balaban J connectivity index is 1.61. The average Bonchev–Trinajstić information content (AvgIpc) is 3.15. The molecule has 0 saturated carbocycles. The molecule has 0 bridgehead atoms. The Kier molecular flexibility index (Phi) is 4.81. The van der Waals surface area contributed by atoms with E-state index in [9.17, 15) is 9.59 Å². The lowest BCUT2D eigenvalue weighted by atomic mass is 10.3. The molecule has 1 amide bonds. The van der Waals surface area contributed by atoms with Gasteiger partial charge in [0.15, 0.2) is 10.8 Å². The molecule has 4 rings (SSSR count). The van der Waals surface area contributed by atoms with E-state index in [2.05, 4.69) is 15.4 Å². The van der Waals surface area contributed by atoms with Gasteiger partial charge in [0, 0.05) is 5.69 Å². The van der Waals surface area contributed by atoms with Gasteiger partial charge in [-0.2, -0.15) is 5.10 Å². The lowest BCUT2D eigenvalue weighted by Gasteiger charge is -2.09. The second kappa shape index (κ2) is 7.57. The Morgan fingerprint density at radius 2 is 1.75 bits per heavy atom. The summed E-state index contributed by atoms with van der Waals surface area (Å²) in [5.41, 5.74) is 1.45. The number of amides is 1. The van der Waals surface area contributed by atoms with E-state index in [0.29, 0.717) is 16.7 Å². The number of rotatable bonds is 5. The maximum atomic E-state index is 12.6. The van der Waals surface area contributed by atoms with Crippen LogP contribution < -0.4 is 16.7 Å². The highest BCUT2D eigenvalue weighted by atomic mass is 32.2. The van der Waals surface area contributed by atoms with Crippen molar-refractivity contribution in [1.82, 2.24) is 19.4 Å². The molecule has 0 atom stereocenters. The van der Waals surface area contributed by atoms with Gasteiger partial charge in [-0.1, -0.05) is 48.2 Å². The van der Waals surface area contributed by atoms with Crippen LogP contribution in [0.3, 0.4) is 0 Å². The zero-order valence-electron chi connectivity index (χ0n) is 14.6. The molecule has 2 heterocycles. The monoisotopic (exact) mass is 392 g/mol. The zero-order chi connectivity index (χ0) is 19.5. The molecule has 0 aliphatic rings. The summed E-state index contributed by atoms with van der Waals surface area (Å²) in [7, 11) is 0. The van der Waals surface area contributed by atoms with E-state index >= 15 is 0 Å². The lowest BCUT2D eigenvalue weighted by Crippen LogP contribution is -2.30. The maximum absolute atomic E-state index is 12.6. The van der Waals surface area contributed by atoms with Gasteiger partial charge in [0.05, 0.1) is 17.6 Å². The Morgan fingerprint density at radius 3 is 2.46 bits per heavy atom. The molecule has 0 fully saturated rings. The number of nitrogens with one attached hydrogen (secondary N) is 1. The fraction of sp³-hybridized carbons (Fsp3) is 0.0526. The van der Waals surface area contributed by atoms with E-state index in [1.165, 1.54) is 6.20 Å². The fourth-order valence-corrected chi connectivity index (χ4v) is 3.38. The van der Waals surface area contributed by atoms with Crippen molar-refractivity contribution in [2.75, 3.05) is 16.9 Å². The van der Waals surface area contributed by atoms with Crippen LogP contribution >= 0.6 is 11.8 Å². The van der Waals surface area contributed by atoms with Crippen LogP contribution in [0.2, 0.25) is 0 Å². The Labute approximate surface area is 164 Å². The van der Waals surface area contributed by atoms with E-state index in [0.717, 1.165) is 22.1 Å². The summed E-state index contributed by atoms with van der Waals surface area (Å²) < 4.78 is 2.52. The van der Waals surface area contributed by atoms with Gasteiger partial charge in [0.2, 0.25) is 5.91 Å². The van der Waals surface area contributed by atoms with Crippen LogP contribution in [0.25, 0.3) is 16.7 Å². The number of anilines is 1. The highest BCUT2D eigenvalue weighted by Gasteiger charge is 2.16. The highest BCUT2D eigenvalue weighted by molar-refractivity contribution is 7.99. The zero-order valence-corrected chi connectivity index (χ0v) is 15.5. The van der Waals surface area contributed by atoms with Gasteiger partial charge >= 0.3 is 0 Å². The molecule has 2 aromatic heterocycles. The summed E-state index contributed by atoms with van der Waals surface area (Å²) >= 11 is 1.08. The molecule has 0 saturated heterocycles. The van der Waals surface area contributed by atoms with Crippen molar-refractivity contribution >= 4 is 34.4 Å². The average molecular weight is 392 g/mol. The molecule has 0 aliphatic heterocycles. The predicted octanol–water partition coefficient (Wildman–Crippen LogP) is 2.03. The van der Waals surface area contributed by atoms with Crippen LogP contribution in [0, 0.1) is 0 Å². The third-order valence-electron chi connectivity index (χ3n) is 3.99. The quantitative estimate of drug-likeness (QED) is 0.306. The SMILES string of the molecule is Nn1c(SCC(=O)Nc2ccccc2)nc2c(cnn2-c2ccccc2)c1=O. The third-order valence-corrected chi connectivity index (χ3v) is 4.94. The van der Waals surface area contributed by atoms with Gasteiger partial charge in [-0.25, -0.2) is 14.3 Å². The van der Waals surface area contributed by atoms with Crippen LogP contribution in [0.1, 0.15) is 0 Å². The van der Waals surface area contributed by atoms with Crippen LogP contribution in [-0.4, -0.2) is 31.1 Å². The summed E-state index contributed by atoms with van der Waals surface area (Å²) in [5, 5.41) is 7.58. The van der Waals surface area contributed by atoms with E-state index in [4.69, 9.17) is 5.84 Å². The van der Waals surface area contributed by atoms with E-state index in [-0.39, 0.29) is 16.8 Å². The summed E-state index contributed by atoms with van der Waals surface area (Å²) in [6, 6.07) is 18.5. The molecule has 2 aromatic carbocycles. The summed E-state index contributed by atoms with van der Waals surface area (Å²) in [6.07, 6.45) is 1.44. The minimum absolute atomic E-state index is 0.0590. The number of thioether (sulfide) groups is 1. The molecule has 28 heavy (non-hydrogen) atoms. The number of hydrogen-bond donors (Lipinski definition) is 2. The minimum Gasteiger partial charge on any atom is -0.334 e. The molecule has 4 aromatic rings. The van der Waals surface area contributed by atoms with Crippen LogP contribution in [0.4, 0.5) is 5.69 Å². The normalized spacial score (nSPS) is 10.9. The second-order valence-electron chi connectivity index (χ2n) is 5.90. The number of nitrogens with zero attached hydrogens (tertiary/aromatic N) is 4. The van der Waals surface area contributed by atoms with Crippen molar-refractivity contribution in [1.29, 1.82) is 0 Å². The van der Waals surface area contributed by atoms with Crippen molar-refractivity contribution in [2.45, 2.75) is 5.16 Å². The molecule has 0 unspecified atom stereocenters. The number of carbonyl (C=O) groups excluding carboxylic acids is 1. The molecule has 8 nitrogen and oxygen atoms in total. The number of fused-ring (bicyclic) bond motifs is 1. The standard InChI is InChI=1S/C19H16N6O2S/c20-24-18(27)15-11-21-25(14-9-5-2-6-10-14)17(15)23-19(24)28-12-16(26)22-13-7-3-1-4-8-13/h1-11H,12,20H2,(H,22,26). The van der Waals surface area contributed by atoms with Crippen LogP contribution in [-0.2, 0) is 4.79 Å². The van der Waals surface area contributed by atoms with Crippen molar-refractivity contribution < 1.29 is 4.79 Å². The largest absolute Gasteiger partial charge is 0.334 e. The molecule has 3 N–H and O–H groups in total. The van der Waals surface area contributed by atoms with Gasteiger partial charge in [-0.3, -0.25) is 9.59 Å². The third kappa shape index (κ3) is 3.47. The second-order valence-corrected chi connectivity index (χ2v) is 6.84. The molecule has 140 valence electrons. The first-order valence-corrected chi connectivity index (χ1v) is 9.41. The van der Waals surface area contributed by atoms with E-state index in [1.54, 1.807) is 16.8 Å². The van der Waals surface area contributed by atoms with Gasteiger partial charge in [-0.05, 0) is 24.3 Å². The first-order valence-electron chi connectivity index (χ1n) is 8.42. The maximum Gasteiger partial charge on any atom is 0.283 e. The molecule has 0 spiro atoms. The summed E-state index contributed by atoms with van der Waals surface area (Å²) in [5.74, 6) is 5.73. The van der Waals surface area contributed by atoms with Crippen molar-refractivity contribution in [3.8, 4) is 5.69 Å². The molecule has 0 aliphatic carbocycles. The number of nitrogens with two attached hydrogens (primary N) is 1. The van der Waals surface area contributed by atoms with Crippen molar-refractivity contribution in [3.05, 3.63) is 77.2 Å². The van der Waals surface area contributed by atoms with Crippen LogP contribution in [0.5, 0.6) is 0 Å². The fourth-order valence-electron chi connectivity index (χ4n) is 2.67. The van der Waals surface area contributed by atoms with E-state index < -0.39 is 5.56 Å². The van der Waals surface area contributed by atoms with E-state index in [1.807, 2.05) is 48.5 Å². The molecular formula is C19H16N6O2S. The number of nitrogen functional groups attached to an aromatic ring is 1. The molecule has 9 heteroatoms. The Bertz CT molecular complexity index is 1190. The Morgan fingerprint density at radius 1 is 1.07 bits per heavy atom. The van der Waals surface area contributed by atoms with Gasteiger partial charge in [0.25, 0.3) is 5.56 Å². The Hall–Kier alpha value is -3.59. The highest BCUT2D eigenvalue weighted by Crippen LogP contribution is 2.19. The van der Waals surface area contributed by atoms with Crippen molar-refractivity contribution in [2.24, 2.45) is 0 Å². The van der Waals surface area contributed by atoms with Crippen LogP contribution in [0.15, 0.2) is 76.8 Å². The van der Waals surface area contributed by atoms with Gasteiger partial charge in [-0.15, -0.1) is 0 Å². The smallest absolute Gasteiger partial charge is 0.283 e. The summed E-state index contributed by atoms with van der Waals surface area (Å²) in [6.45, 7) is 0. The predicted molar refractivity (Wildman–Crippen MR) is 109 cm³/mol.